The maximum Gasteiger partial charge on any atom is 0.261 e. The highest BCUT2D eigenvalue weighted by atomic mass is 16.1. The third-order valence-electron chi connectivity index (χ3n) is 5.68. The van der Waals surface area contributed by atoms with Crippen molar-refractivity contribution in [1.82, 2.24) is 9.55 Å². The van der Waals surface area contributed by atoms with Gasteiger partial charge < -0.3 is 5.32 Å². The molecule has 0 aliphatic carbocycles. The van der Waals surface area contributed by atoms with Gasteiger partial charge in [0.2, 0.25) is 0 Å². The third kappa shape index (κ3) is 3.44. The lowest BCUT2D eigenvalue weighted by Crippen LogP contribution is -2.26. The molecule has 0 radical (unpaired) electrons. The number of benzene rings is 2. The Hall–Kier alpha value is -2.95. The van der Waals surface area contributed by atoms with Crippen molar-refractivity contribution >= 4 is 22.5 Å². The van der Waals surface area contributed by atoms with Crippen LogP contribution in [0.3, 0.4) is 0 Å². The zero-order chi connectivity index (χ0) is 19.7. The summed E-state index contributed by atoms with van der Waals surface area (Å²) in [5.74, 6) is 0.647. The smallest absolute Gasteiger partial charge is 0.261 e. The molecule has 5 nitrogen and oxygen atoms in total. The van der Waals surface area contributed by atoms with E-state index in [0.29, 0.717) is 16.5 Å². The minimum Gasteiger partial charge on any atom is -0.322 e. The number of fused-ring (bicyclic) bond motifs is 2. The topological polar surface area (TPSA) is 64.0 Å². The first kappa shape index (κ1) is 18.4. The van der Waals surface area contributed by atoms with E-state index in [-0.39, 0.29) is 11.5 Å². The molecular weight excluding hydrogens is 350 g/mol. The summed E-state index contributed by atoms with van der Waals surface area (Å²) in [6.45, 7) is 4.74. The molecule has 1 amide bonds. The minimum atomic E-state index is -0.191. The van der Waals surface area contributed by atoms with Crippen molar-refractivity contribution in [2.24, 2.45) is 0 Å². The number of hydrogen-bond acceptors (Lipinski definition) is 3. The van der Waals surface area contributed by atoms with Crippen molar-refractivity contribution in [2.75, 3.05) is 5.32 Å². The van der Waals surface area contributed by atoms with E-state index in [1.165, 1.54) is 6.42 Å². The molecule has 0 saturated heterocycles. The highest BCUT2D eigenvalue weighted by Crippen LogP contribution is 2.20. The van der Waals surface area contributed by atoms with Gasteiger partial charge in [0.1, 0.15) is 5.82 Å². The van der Waals surface area contributed by atoms with Crippen LogP contribution in [0, 0.1) is 13.8 Å². The average molecular weight is 375 g/mol. The van der Waals surface area contributed by atoms with Gasteiger partial charge in [0.15, 0.2) is 0 Å². The van der Waals surface area contributed by atoms with Crippen molar-refractivity contribution in [2.45, 2.75) is 52.5 Å². The predicted molar refractivity (Wildman–Crippen MR) is 112 cm³/mol. The number of carbonyl (C=O) groups excluding carboxylic acids is 1. The Bertz CT molecular complexity index is 1110. The fourth-order valence-electron chi connectivity index (χ4n) is 3.82. The first-order valence-corrected chi connectivity index (χ1v) is 9.95. The Morgan fingerprint density at radius 1 is 1.07 bits per heavy atom. The maximum atomic E-state index is 12.9. The lowest BCUT2D eigenvalue weighted by atomic mass is 10.1. The predicted octanol–water partition coefficient (Wildman–Crippen LogP) is 4.38. The molecular formula is C23H25N3O2. The van der Waals surface area contributed by atoms with E-state index in [1.54, 1.807) is 18.2 Å². The van der Waals surface area contributed by atoms with Gasteiger partial charge in [-0.25, -0.2) is 4.98 Å². The molecule has 3 aromatic rings. The molecule has 0 saturated carbocycles. The standard InChI is InChI=1S/C23H25N3O2/c1-15-8-7-9-19(16(15)2)25-22(27)17-11-12-18-20(14-17)24-21-10-5-3-4-6-13-26(21)23(18)28/h7-9,11-12,14H,3-6,10,13H2,1-2H3,(H,25,27). The Morgan fingerprint density at radius 2 is 1.89 bits per heavy atom. The number of nitrogens with one attached hydrogen (secondary N) is 1. The first-order chi connectivity index (χ1) is 13.5. The van der Waals surface area contributed by atoms with Gasteiger partial charge >= 0.3 is 0 Å². The van der Waals surface area contributed by atoms with Crippen LogP contribution in [0.5, 0.6) is 0 Å². The van der Waals surface area contributed by atoms with E-state index in [4.69, 9.17) is 4.98 Å². The Kier molecular flexibility index (Phi) is 4.99. The zero-order valence-electron chi connectivity index (χ0n) is 16.4. The summed E-state index contributed by atoms with van der Waals surface area (Å²) in [5.41, 5.74) is 4.10. The minimum absolute atomic E-state index is 0.00314. The number of aromatic nitrogens is 2. The van der Waals surface area contributed by atoms with Crippen LogP contribution in [0.15, 0.2) is 41.2 Å². The van der Waals surface area contributed by atoms with Gasteiger partial charge in [0, 0.05) is 24.2 Å². The van der Waals surface area contributed by atoms with Gasteiger partial charge in [-0.15, -0.1) is 0 Å². The molecule has 144 valence electrons. The zero-order valence-corrected chi connectivity index (χ0v) is 16.4. The van der Waals surface area contributed by atoms with Crippen LogP contribution in [-0.2, 0) is 13.0 Å². The fourth-order valence-corrected chi connectivity index (χ4v) is 3.82. The lowest BCUT2D eigenvalue weighted by molar-refractivity contribution is 0.102. The van der Waals surface area contributed by atoms with Crippen LogP contribution in [0.2, 0.25) is 0 Å². The molecule has 4 rings (SSSR count). The summed E-state index contributed by atoms with van der Waals surface area (Å²) < 4.78 is 1.82. The average Bonchev–Trinajstić information content (AvgIpc) is 2.66. The summed E-state index contributed by atoms with van der Waals surface area (Å²) >= 11 is 0. The molecule has 2 heterocycles. The molecule has 0 spiro atoms. The van der Waals surface area contributed by atoms with Crippen molar-refractivity contribution in [1.29, 1.82) is 0 Å². The van der Waals surface area contributed by atoms with Gasteiger partial charge in [-0.1, -0.05) is 25.0 Å². The summed E-state index contributed by atoms with van der Waals surface area (Å²) in [6, 6.07) is 11.0. The summed E-state index contributed by atoms with van der Waals surface area (Å²) in [4.78, 5) is 30.4. The fraction of sp³-hybridized carbons (Fsp3) is 0.348. The molecule has 1 aromatic heterocycles. The van der Waals surface area contributed by atoms with E-state index in [0.717, 1.165) is 54.9 Å². The molecule has 5 heteroatoms. The molecule has 0 bridgehead atoms. The Balaban J connectivity index is 1.71. The Morgan fingerprint density at radius 3 is 2.75 bits per heavy atom. The largest absolute Gasteiger partial charge is 0.322 e. The number of nitrogens with zero attached hydrogens (tertiary/aromatic N) is 2. The maximum absolute atomic E-state index is 12.9. The first-order valence-electron chi connectivity index (χ1n) is 9.95. The van der Waals surface area contributed by atoms with Crippen LogP contribution >= 0.6 is 0 Å². The van der Waals surface area contributed by atoms with E-state index in [1.807, 2.05) is 36.6 Å². The summed E-state index contributed by atoms with van der Waals surface area (Å²) in [6.07, 6.45) is 5.19. The number of hydrogen-bond donors (Lipinski definition) is 1. The highest BCUT2D eigenvalue weighted by Gasteiger charge is 2.15. The van der Waals surface area contributed by atoms with Crippen LogP contribution in [0.1, 0.15) is 53.0 Å². The molecule has 1 aliphatic heterocycles. The van der Waals surface area contributed by atoms with Crippen LogP contribution in [0.4, 0.5) is 5.69 Å². The van der Waals surface area contributed by atoms with Gasteiger partial charge in [0.05, 0.1) is 10.9 Å². The quantitative estimate of drug-likeness (QED) is 0.723. The summed E-state index contributed by atoms with van der Waals surface area (Å²) in [5, 5.41) is 3.55. The number of rotatable bonds is 2. The van der Waals surface area contributed by atoms with Crippen LogP contribution in [-0.4, -0.2) is 15.5 Å². The number of anilines is 1. The lowest BCUT2D eigenvalue weighted by Gasteiger charge is -2.16. The van der Waals surface area contributed by atoms with E-state index >= 15 is 0 Å². The molecule has 0 unspecified atom stereocenters. The summed E-state index contributed by atoms with van der Waals surface area (Å²) in [7, 11) is 0. The van der Waals surface area contributed by atoms with Gasteiger partial charge in [0.25, 0.3) is 11.5 Å². The normalized spacial score (nSPS) is 14.2. The third-order valence-corrected chi connectivity index (χ3v) is 5.68. The molecule has 28 heavy (non-hydrogen) atoms. The van der Waals surface area contributed by atoms with E-state index in [2.05, 4.69) is 5.32 Å². The second-order valence-electron chi connectivity index (χ2n) is 7.58. The van der Waals surface area contributed by atoms with Crippen LogP contribution < -0.4 is 10.9 Å². The molecule has 2 aromatic carbocycles. The van der Waals surface area contributed by atoms with Crippen molar-refractivity contribution in [3.8, 4) is 0 Å². The second kappa shape index (κ2) is 7.58. The highest BCUT2D eigenvalue weighted by molar-refractivity contribution is 6.06. The van der Waals surface area contributed by atoms with Crippen molar-refractivity contribution in [3.63, 3.8) is 0 Å². The molecule has 0 atom stereocenters. The van der Waals surface area contributed by atoms with Crippen LogP contribution in [0.25, 0.3) is 10.9 Å². The van der Waals surface area contributed by atoms with Crippen molar-refractivity contribution in [3.05, 3.63) is 69.3 Å². The monoisotopic (exact) mass is 375 g/mol. The van der Waals surface area contributed by atoms with Gasteiger partial charge in [-0.3, -0.25) is 14.2 Å². The SMILES string of the molecule is Cc1cccc(NC(=O)c2ccc3c(=O)n4c(nc3c2)CCCCCC4)c1C. The molecule has 1 aliphatic rings. The van der Waals surface area contributed by atoms with E-state index in [9.17, 15) is 9.59 Å². The second-order valence-corrected chi connectivity index (χ2v) is 7.58. The Labute approximate surface area is 164 Å². The molecule has 0 fully saturated rings. The van der Waals surface area contributed by atoms with E-state index < -0.39 is 0 Å². The number of amides is 1. The molecule has 1 N–H and O–H groups in total. The van der Waals surface area contributed by atoms with Crippen molar-refractivity contribution < 1.29 is 4.79 Å². The van der Waals surface area contributed by atoms with Gasteiger partial charge in [-0.2, -0.15) is 0 Å². The van der Waals surface area contributed by atoms with Gasteiger partial charge in [-0.05, 0) is 62.1 Å². The number of aryl methyl sites for hydroxylation is 2. The number of carbonyl (C=O) groups is 1.